The van der Waals surface area contributed by atoms with Gasteiger partial charge in [-0.1, -0.05) is 22.9 Å². The van der Waals surface area contributed by atoms with E-state index in [1.807, 2.05) is 6.92 Å². The van der Waals surface area contributed by atoms with Gasteiger partial charge in [0.1, 0.15) is 0 Å². The number of carbonyl (C=O) groups excluding carboxylic acids is 1. The Morgan fingerprint density at radius 3 is 2.78 bits per heavy atom. The first-order chi connectivity index (χ1) is 8.41. The quantitative estimate of drug-likeness (QED) is 0.809. The number of anilines is 1. The maximum Gasteiger partial charge on any atom is 0.253 e. The van der Waals surface area contributed by atoms with Crippen LogP contribution >= 0.6 is 15.9 Å². The number of rotatable bonds is 5. The molecule has 4 nitrogen and oxygen atoms in total. The van der Waals surface area contributed by atoms with Crippen molar-refractivity contribution < 1.29 is 9.00 Å². The third-order valence-corrected chi connectivity index (χ3v) is 4.52. The number of carbonyl (C=O) groups is 1. The largest absolute Gasteiger partial charge is 0.398 e. The standard InChI is InChI=1S/C12H17BrN2O2S/c1-8(18(2)17)5-6-15-12(16)10-4-3-9(13)7-11(10)14/h3-4,7-8H,5-6,14H2,1-2H3,(H,15,16). The first-order valence-corrected chi connectivity index (χ1v) is 7.98. The van der Waals surface area contributed by atoms with Crippen molar-refractivity contribution in [2.24, 2.45) is 0 Å². The van der Waals surface area contributed by atoms with Crippen LogP contribution in [0.1, 0.15) is 23.7 Å². The van der Waals surface area contributed by atoms with Crippen LogP contribution < -0.4 is 11.1 Å². The first kappa shape index (κ1) is 15.2. The maximum atomic E-state index is 11.8. The highest BCUT2D eigenvalue weighted by atomic mass is 79.9. The Balaban J connectivity index is 2.53. The van der Waals surface area contributed by atoms with Crippen LogP contribution in [0.2, 0.25) is 0 Å². The normalized spacial score (nSPS) is 13.9. The molecule has 0 fully saturated rings. The lowest BCUT2D eigenvalue weighted by atomic mass is 10.1. The number of nitrogens with one attached hydrogen (secondary N) is 1. The van der Waals surface area contributed by atoms with Gasteiger partial charge in [-0.15, -0.1) is 0 Å². The van der Waals surface area contributed by atoms with Crippen LogP contribution in [0.5, 0.6) is 0 Å². The van der Waals surface area contributed by atoms with Crippen molar-refractivity contribution in [2.45, 2.75) is 18.6 Å². The lowest BCUT2D eigenvalue weighted by molar-refractivity contribution is 0.0954. The van der Waals surface area contributed by atoms with Gasteiger partial charge in [0.25, 0.3) is 5.91 Å². The van der Waals surface area contributed by atoms with Gasteiger partial charge in [0, 0.05) is 39.0 Å². The van der Waals surface area contributed by atoms with Crippen LogP contribution in [0, 0.1) is 0 Å². The predicted molar refractivity (Wildman–Crippen MR) is 79.0 cm³/mol. The Morgan fingerprint density at radius 1 is 1.56 bits per heavy atom. The molecule has 0 aliphatic carbocycles. The predicted octanol–water partition coefficient (Wildman–Crippen LogP) is 1.92. The van der Waals surface area contributed by atoms with E-state index in [-0.39, 0.29) is 11.2 Å². The molecule has 0 spiro atoms. The van der Waals surface area contributed by atoms with E-state index in [0.29, 0.717) is 24.2 Å². The van der Waals surface area contributed by atoms with E-state index >= 15 is 0 Å². The number of nitrogen functional groups attached to an aromatic ring is 1. The van der Waals surface area contributed by atoms with Gasteiger partial charge in [0.15, 0.2) is 0 Å². The Labute approximate surface area is 118 Å². The zero-order valence-electron chi connectivity index (χ0n) is 10.4. The van der Waals surface area contributed by atoms with Gasteiger partial charge in [0.05, 0.1) is 5.56 Å². The van der Waals surface area contributed by atoms with Gasteiger partial charge >= 0.3 is 0 Å². The second kappa shape index (κ2) is 6.89. The summed E-state index contributed by atoms with van der Waals surface area (Å²) in [6.45, 7) is 2.39. The molecule has 2 atom stereocenters. The summed E-state index contributed by atoms with van der Waals surface area (Å²) < 4.78 is 12.0. The maximum absolute atomic E-state index is 11.8. The number of halogens is 1. The van der Waals surface area contributed by atoms with Crippen molar-refractivity contribution in [3.8, 4) is 0 Å². The van der Waals surface area contributed by atoms with E-state index in [4.69, 9.17) is 5.73 Å². The summed E-state index contributed by atoms with van der Waals surface area (Å²) in [6, 6.07) is 5.14. The second-order valence-corrected chi connectivity index (χ2v) is 6.80. The molecule has 6 heteroatoms. The van der Waals surface area contributed by atoms with Gasteiger partial charge in [-0.05, 0) is 24.6 Å². The SMILES string of the molecule is CC(CCNC(=O)c1ccc(Br)cc1N)S(C)=O. The summed E-state index contributed by atoms with van der Waals surface area (Å²) in [6.07, 6.45) is 2.35. The van der Waals surface area contributed by atoms with Gasteiger partial charge in [0.2, 0.25) is 0 Å². The fourth-order valence-electron chi connectivity index (χ4n) is 1.39. The van der Waals surface area contributed by atoms with Crippen LogP contribution in [0.15, 0.2) is 22.7 Å². The second-order valence-electron chi connectivity index (χ2n) is 4.09. The van der Waals surface area contributed by atoms with Crippen molar-refractivity contribution in [2.75, 3.05) is 18.5 Å². The zero-order valence-corrected chi connectivity index (χ0v) is 12.8. The van der Waals surface area contributed by atoms with E-state index in [2.05, 4.69) is 21.2 Å². The monoisotopic (exact) mass is 332 g/mol. The molecule has 100 valence electrons. The first-order valence-electron chi connectivity index (χ1n) is 5.57. The Hall–Kier alpha value is -0.880. The minimum atomic E-state index is -0.859. The molecule has 0 aliphatic heterocycles. The average Bonchev–Trinajstić information content (AvgIpc) is 2.28. The van der Waals surface area contributed by atoms with Crippen LogP contribution in [0.3, 0.4) is 0 Å². The number of amides is 1. The summed E-state index contributed by atoms with van der Waals surface area (Å²) in [7, 11) is -0.859. The fraction of sp³-hybridized carbons (Fsp3) is 0.417. The topological polar surface area (TPSA) is 72.2 Å². The van der Waals surface area contributed by atoms with Gasteiger partial charge < -0.3 is 11.1 Å². The van der Waals surface area contributed by atoms with Gasteiger partial charge in [-0.2, -0.15) is 0 Å². The molecule has 0 saturated carbocycles. The van der Waals surface area contributed by atoms with Crippen molar-refractivity contribution in [1.29, 1.82) is 0 Å². The number of benzene rings is 1. The molecule has 1 aromatic rings. The fourth-order valence-corrected chi connectivity index (χ4v) is 2.22. The summed E-state index contributed by atoms with van der Waals surface area (Å²) in [5.74, 6) is -0.200. The summed E-state index contributed by atoms with van der Waals surface area (Å²) in [5, 5.41) is 2.85. The molecule has 0 heterocycles. The molecule has 0 saturated heterocycles. The molecule has 18 heavy (non-hydrogen) atoms. The van der Waals surface area contributed by atoms with Crippen LogP contribution in [-0.4, -0.2) is 28.2 Å². The third-order valence-electron chi connectivity index (χ3n) is 2.66. The summed E-state index contributed by atoms with van der Waals surface area (Å²) in [4.78, 5) is 11.8. The molecule has 0 aliphatic rings. The van der Waals surface area contributed by atoms with Gasteiger partial charge in [-0.25, -0.2) is 0 Å². The van der Waals surface area contributed by atoms with Crippen LogP contribution in [0.25, 0.3) is 0 Å². The van der Waals surface area contributed by atoms with E-state index in [9.17, 15) is 9.00 Å². The van der Waals surface area contributed by atoms with Crippen molar-refractivity contribution >= 4 is 38.3 Å². The molecule has 1 rings (SSSR count). The number of nitrogens with two attached hydrogens (primary N) is 1. The summed E-state index contributed by atoms with van der Waals surface area (Å²) >= 11 is 3.29. The molecule has 2 unspecified atom stereocenters. The molecular formula is C12H17BrN2O2S. The van der Waals surface area contributed by atoms with E-state index in [0.717, 1.165) is 4.47 Å². The van der Waals surface area contributed by atoms with Crippen molar-refractivity contribution in [3.05, 3.63) is 28.2 Å². The lowest BCUT2D eigenvalue weighted by Gasteiger charge is -2.10. The van der Waals surface area contributed by atoms with Crippen LogP contribution in [-0.2, 0) is 10.8 Å². The smallest absolute Gasteiger partial charge is 0.253 e. The molecule has 1 aromatic carbocycles. The third kappa shape index (κ3) is 4.42. The highest BCUT2D eigenvalue weighted by molar-refractivity contribution is 9.10. The van der Waals surface area contributed by atoms with E-state index < -0.39 is 10.8 Å². The molecule has 3 N–H and O–H groups in total. The highest BCUT2D eigenvalue weighted by Gasteiger charge is 2.11. The number of hydrogen-bond acceptors (Lipinski definition) is 3. The van der Waals surface area contributed by atoms with Gasteiger partial charge in [-0.3, -0.25) is 9.00 Å². The lowest BCUT2D eigenvalue weighted by Crippen LogP contribution is -2.28. The Kier molecular flexibility index (Phi) is 5.81. The van der Waals surface area contributed by atoms with Crippen molar-refractivity contribution in [3.63, 3.8) is 0 Å². The molecular weight excluding hydrogens is 316 g/mol. The molecule has 1 amide bonds. The zero-order chi connectivity index (χ0) is 13.7. The molecule has 0 aromatic heterocycles. The van der Waals surface area contributed by atoms with Crippen molar-refractivity contribution in [1.82, 2.24) is 5.32 Å². The Morgan fingerprint density at radius 2 is 2.22 bits per heavy atom. The molecule has 0 bridgehead atoms. The minimum absolute atomic E-state index is 0.0764. The minimum Gasteiger partial charge on any atom is -0.398 e. The van der Waals surface area contributed by atoms with E-state index in [1.54, 1.807) is 24.5 Å². The average molecular weight is 333 g/mol. The summed E-state index contributed by atoms with van der Waals surface area (Å²) in [5.41, 5.74) is 6.66. The van der Waals surface area contributed by atoms with E-state index in [1.165, 1.54) is 0 Å². The highest BCUT2D eigenvalue weighted by Crippen LogP contribution is 2.18. The van der Waals surface area contributed by atoms with Crippen LogP contribution in [0.4, 0.5) is 5.69 Å². The Bertz CT molecular complexity index is 465. The molecule has 0 radical (unpaired) electrons. The number of hydrogen-bond donors (Lipinski definition) is 2.